The lowest BCUT2D eigenvalue weighted by Crippen LogP contribution is -2.27. The highest BCUT2D eigenvalue weighted by Crippen LogP contribution is 2.18. The summed E-state index contributed by atoms with van der Waals surface area (Å²) in [7, 11) is -0.113. The molecular weight excluding hydrogens is 376 g/mol. The molecule has 2 aromatic rings. The average Bonchev–Trinajstić information content (AvgIpc) is 2.61. The first kappa shape index (κ1) is 20.8. The van der Waals surface area contributed by atoms with Gasteiger partial charge in [0.1, 0.15) is 0 Å². The van der Waals surface area contributed by atoms with Crippen molar-refractivity contribution in [1.82, 2.24) is 10.2 Å². The molecule has 6 nitrogen and oxygen atoms in total. The van der Waals surface area contributed by atoms with Crippen LogP contribution in [0.4, 0.5) is 14.5 Å². The smallest absolute Gasteiger partial charge is 0.261 e. The fraction of sp³-hybridized carbons (Fsp3) is 0.278. The number of sulfonamides is 1. The van der Waals surface area contributed by atoms with E-state index in [1.165, 1.54) is 24.3 Å². The molecule has 0 radical (unpaired) electrons. The Balaban J connectivity index is 2.02. The maximum Gasteiger partial charge on any atom is 0.261 e. The van der Waals surface area contributed by atoms with Gasteiger partial charge in [0, 0.05) is 18.2 Å². The molecule has 2 N–H and O–H groups in total. The Morgan fingerprint density at radius 1 is 1.04 bits per heavy atom. The van der Waals surface area contributed by atoms with Crippen LogP contribution >= 0.6 is 0 Å². The molecule has 0 saturated heterocycles. The van der Waals surface area contributed by atoms with Gasteiger partial charge in [-0.1, -0.05) is 0 Å². The van der Waals surface area contributed by atoms with Crippen LogP contribution in [0.5, 0.6) is 0 Å². The van der Waals surface area contributed by atoms with Crippen molar-refractivity contribution >= 4 is 21.6 Å². The maximum absolute atomic E-state index is 13.2. The third-order valence-electron chi connectivity index (χ3n) is 3.67. The number of nitrogens with one attached hydrogen (secondary N) is 2. The molecule has 0 fully saturated rings. The van der Waals surface area contributed by atoms with Crippen molar-refractivity contribution in [3.63, 3.8) is 0 Å². The molecule has 0 atom stereocenters. The first-order chi connectivity index (χ1) is 12.7. The monoisotopic (exact) mass is 397 g/mol. The summed E-state index contributed by atoms with van der Waals surface area (Å²) in [5, 5.41) is 2.76. The molecule has 0 aliphatic carbocycles. The van der Waals surface area contributed by atoms with E-state index in [1.807, 2.05) is 19.0 Å². The molecule has 0 aromatic heterocycles. The van der Waals surface area contributed by atoms with E-state index >= 15 is 0 Å². The number of anilines is 1. The lowest BCUT2D eigenvalue weighted by molar-refractivity contribution is 0.0952. The molecule has 2 aromatic carbocycles. The molecule has 9 heteroatoms. The fourth-order valence-electron chi connectivity index (χ4n) is 2.26. The number of hydrogen-bond acceptors (Lipinski definition) is 4. The van der Waals surface area contributed by atoms with Crippen molar-refractivity contribution in [3.8, 4) is 0 Å². The Bertz CT molecular complexity index is 901. The number of nitrogens with zero attached hydrogens (tertiary/aromatic N) is 1. The number of halogens is 2. The number of carbonyl (C=O) groups is 1. The predicted molar refractivity (Wildman–Crippen MR) is 99.1 cm³/mol. The summed E-state index contributed by atoms with van der Waals surface area (Å²) < 4.78 is 53.0. The number of amides is 1. The maximum atomic E-state index is 13.2. The van der Waals surface area contributed by atoms with E-state index in [0.717, 1.165) is 31.2 Å². The number of hydrogen-bond donors (Lipinski definition) is 2. The molecule has 0 spiro atoms. The minimum atomic E-state index is -3.99. The molecule has 0 heterocycles. The Labute approximate surface area is 157 Å². The van der Waals surface area contributed by atoms with Gasteiger partial charge in [-0.05, 0) is 63.5 Å². The van der Waals surface area contributed by atoms with Crippen molar-refractivity contribution in [1.29, 1.82) is 0 Å². The van der Waals surface area contributed by atoms with Crippen molar-refractivity contribution in [3.05, 3.63) is 59.7 Å². The summed E-state index contributed by atoms with van der Waals surface area (Å²) >= 11 is 0. The van der Waals surface area contributed by atoms with E-state index in [4.69, 9.17) is 0 Å². The van der Waals surface area contributed by atoms with Gasteiger partial charge in [0.2, 0.25) is 0 Å². The molecule has 146 valence electrons. The topological polar surface area (TPSA) is 78.5 Å². The van der Waals surface area contributed by atoms with Crippen LogP contribution < -0.4 is 10.0 Å². The quantitative estimate of drug-likeness (QED) is 0.671. The van der Waals surface area contributed by atoms with Crippen LogP contribution in [0.2, 0.25) is 0 Å². The predicted octanol–water partition coefficient (Wildman–Crippen LogP) is 2.45. The highest BCUT2D eigenvalue weighted by molar-refractivity contribution is 7.92. The molecule has 27 heavy (non-hydrogen) atoms. The van der Waals surface area contributed by atoms with Crippen molar-refractivity contribution < 1.29 is 22.0 Å². The van der Waals surface area contributed by atoms with E-state index in [0.29, 0.717) is 12.1 Å². The zero-order chi connectivity index (χ0) is 20.0. The number of carbonyl (C=O) groups excluding carboxylic acids is 1. The van der Waals surface area contributed by atoms with Crippen LogP contribution in [-0.4, -0.2) is 46.4 Å². The van der Waals surface area contributed by atoms with E-state index in [2.05, 4.69) is 10.0 Å². The van der Waals surface area contributed by atoms with E-state index in [1.54, 1.807) is 0 Å². The van der Waals surface area contributed by atoms with Crippen LogP contribution in [0.1, 0.15) is 16.8 Å². The zero-order valence-electron chi connectivity index (χ0n) is 15.0. The summed E-state index contributed by atoms with van der Waals surface area (Å²) in [6.07, 6.45) is 0.795. The minimum Gasteiger partial charge on any atom is -0.352 e. The standard InChI is InChI=1S/C18H21F2N3O3S/c1-23(2)11-3-10-21-18(24)13-4-7-15(8-5-13)27(25,26)22-14-6-9-16(19)17(20)12-14/h4-9,12,22H,3,10-11H2,1-2H3,(H,21,24). The second-order valence-electron chi connectivity index (χ2n) is 6.17. The summed E-state index contributed by atoms with van der Waals surface area (Å²) in [5.41, 5.74) is 0.225. The minimum absolute atomic E-state index is 0.100. The normalized spacial score (nSPS) is 11.4. The molecule has 0 aliphatic heterocycles. The van der Waals surface area contributed by atoms with Gasteiger partial charge in [0.25, 0.3) is 15.9 Å². The van der Waals surface area contributed by atoms with Crippen LogP contribution in [0.25, 0.3) is 0 Å². The lowest BCUT2D eigenvalue weighted by Gasteiger charge is -2.11. The Morgan fingerprint density at radius 3 is 2.30 bits per heavy atom. The van der Waals surface area contributed by atoms with Gasteiger partial charge in [0.15, 0.2) is 11.6 Å². The van der Waals surface area contributed by atoms with Gasteiger partial charge < -0.3 is 10.2 Å². The van der Waals surface area contributed by atoms with Crippen LogP contribution in [0, 0.1) is 11.6 Å². The SMILES string of the molecule is CN(C)CCCNC(=O)c1ccc(S(=O)(=O)Nc2ccc(F)c(F)c2)cc1. The molecule has 0 aliphatic rings. The van der Waals surface area contributed by atoms with Crippen LogP contribution in [0.3, 0.4) is 0 Å². The Kier molecular flexibility index (Phi) is 6.86. The zero-order valence-corrected chi connectivity index (χ0v) is 15.8. The van der Waals surface area contributed by atoms with E-state index < -0.39 is 21.7 Å². The van der Waals surface area contributed by atoms with Gasteiger partial charge in [-0.15, -0.1) is 0 Å². The second kappa shape index (κ2) is 8.92. The first-order valence-electron chi connectivity index (χ1n) is 8.20. The Morgan fingerprint density at radius 2 is 1.70 bits per heavy atom. The van der Waals surface area contributed by atoms with Crippen molar-refractivity contribution in [2.24, 2.45) is 0 Å². The molecule has 0 bridgehead atoms. The molecule has 2 rings (SSSR count). The van der Waals surface area contributed by atoms with E-state index in [-0.39, 0.29) is 16.5 Å². The third-order valence-corrected chi connectivity index (χ3v) is 5.06. The first-order valence-corrected chi connectivity index (χ1v) is 9.68. The summed E-state index contributed by atoms with van der Waals surface area (Å²) in [6, 6.07) is 8.03. The summed E-state index contributed by atoms with van der Waals surface area (Å²) in [5.74, 6) is -2.53. The van der Waals surface area contributed by atoms with Crippen LogP contribution in [-0.2, 0) is 10.0 Å². The van der Waals surface area contributed by atoms with E-state index in [9.17, 15) is 22.0 Å². The van der Waals surface area contributed by atoms with Gasteiger partial charge >= 0.3 is 0 Å². The number of rotatable bonds is 8. The average molecular weight is 397 g/mol. The third kappa shape index (κ3) is 6.00. The highest BCUT2D eigenvalue weighted by atomic mass is 32.2. The van der Waals surface area contributed by atoms with Crippen LogP contribution in [0.15, 0.2) is 47.4 Å². The molecular formula is C18H21F2N3O3S. The van der Waals surface area contributed by atoms with Gasteiger partial charge in [-0.3, -0.25) is 9.52 Å². The van der Waals surface area contributed by atoms with Gasteiger partial charge in [-0.25, -0.2) is 17.2 Å². The highest BCUT2D eigenvalue weighted by Gasteiger charge is 2.16. The number of benzene rings is 2. The van der Waals surface area contributed by atoms with Crippen molar-refractivity contribution in [2.45, 2.75) is 11.3 Å². The second-order valence-corrected chi connectivity index (χ2v) is 7.85. The molecule has 0 saturated carbocycles. The van der Waals surface area contributed by atoms with Gasteiger partial charge in [-0.2, -0.15) is 0 Å². The summed E-state index contributed by atoms with van der Waals surface area (Å²) in [4.78, 5) is 13.9. The summed E-state index contributed by atoms with van der Waals surface area (Å²) in [6.45, 7) is 1.35. The largest absolute Gasteiger partial charge is 0.352 e. The molecule has 1 amide bonds. The lowest BCUT2D eigenvalue weighted by atomic mass is 10.2. The molecule has 0 unspecified atom stereocenters. The van der Waals surface area contributed by atoms with Gasteiger partial charge in [0.05, 0.1) is 10.6 Å². The fourth-order valence-corrected chi connectivity index (χ4v) is 3.31. The Hall–Kier alpha value is -2.52. The van der Waals surface area contributed by atoms with Crippen molar-refractivity contribution in [2.75, 3.05) is 31.9 Å².